The van der Waals surface area contributed by atoms with Gasteiger partial charge in [0.2, 0.25) is 0 Å². The summed E-state index contributed by atoms with van der Waals surface area (Å²) in [5, 5.41) is 4.30. The van der Waals surface area contributed by atoms with Gasteiger partial charge in [-0.25, -0.2) is 10.0 Å². The zero-order valence-electron chi connectivity index (χ0n) is 12.1. The minimum absolute atomic E-state index is 0.835. The molecule has 0 saturated heterocycles. The summed E-state index contributed by atoms with van der Waals surface area (Å²) in [5.41, 5.74) is 2.56. The summed E-state index contributed by atoms with van der Waals surface area (Å²) in [6.07, 6.45) is 0. The van der Waals surface area contributed by atoms with Crippen molar-refractivity contribution in [3.05, 3.63) is 48.5 Å². The van der Waals surface area contributed by atoms with Crippen LogP contribution in [0.1, 0.15) is 0 Å². The summed E-state index contributed by atoms with van der Waals surface area (Å²) in [6.45, 7) is 0.835. The van der Waals surface area contributed by atoms with Crippen LogP contribution in [0.15, 0.2) is 58.3 Å². The van der Waals surface area contributed by atoms with Crippen molar-refractivity contribution in [3.63, 3.8) is 0 Å². The van der Waals surface area contributed by atoms with Crippen molar-refractivity contribution in [2.45, 2.75) is 9.79 Å². The molecule has 2 aromatic rings. The average Bonchev–Trinajstić information content (AvgIpc) is 2.46. The van der Waals surface area contributed by atoms with E-state index in [0.29, 0.717) is 0 Å². The number of benzene rings is 2. The van der Waals surface area contributed by atoms with Gasteiger partial charge in [-0.05, 0) is 24.3 Å². The topological polar surface area (TPSA) is 9.72 Å². The molecule has 104 valence electrons. The molecule has 3 nitrogen and oxygen atoms in total. The second-order valence-corrected chi connectivity index (χ2v) is 6.20. The number of para-hydroxylation sites is 2. The molecule has 0 amide bonds. The molecule has 0 spiro atoms. The number of nitrogens with zero attached hydrogens (tertiary/aromatic N) is 3. The lowest BCUT2D eigenvalue weighted by molar-refractivity contribution is 0.0592. The van der Waals surface area contributed by atoms with E-state index in [1.165, 1.54) is 21.2 Å². The smallest absolute Gasteiger partial charge is 0.0887 e. The predicted octanol–water partition coefficient (Wildman–Crippen LogP) is 3.66. The van der Waals surface area contributed by atoms with E-state index < -0.39 is 0 Å². The Morgan fingerprint density at radius 1 is 0.850 bits per heavy atom. The van der Waals surface area contributed by atoms with Gasteiger partial charge in [0.05, 0.1) is 18.0 Å². The maximum atomic E-state index is 2.38. The van der Waals surface area contributed by atoms with Crippen molar-refractivity contribution in [1.82, 2.24) is 10.0 Å². The van der Waals surface area contributed by atoms with Gasteiger partial charge in [-0.2, -0.15) is 0 Å². The number of rotatable bonds is 3. The maximum Gasteiger partial charge on any atom is 0.0887 e. The Kier molecular flexibility index (Phi) is 3.70. The molecule has 0 aromatic heterocycles. The Morgan fingerprint density at radius 3 is 1.85 bits per heavy atom. The summed E-state index contributed by atoms with van der Waals surface area (Å²) in [5.74, 6) is 0. The Bertz CT molecular complexity index is 567. The summed E-state index contributed by atoms with van der Waals surface area (Å²) < 4.78 is 0. The molecule has 1 aliphatic heterocycles. The number of hydrazine groups is 1. The first-order valence-corrected chi connectivity index (χ1v) is 7.50. The van der Waals surface area contributed by atoms with Crippen LogP contribution in [0.5, 0.6) is 0 Å². The highest BCUT2D eigenvalue weighted by atomic mass is 32.2. The summed E-state index contributed by atoms with van der Waals surface area (Å²) >= 11 is 1.85. The molecule has 0 aliphatic carbocycles. The third-order valence-corrected chi connectivity index (χ3v) is 4.69. The summed E-state index contributed by atoms with van der Waals surface area (Å²) in [7, 11) is 6.24. The predicted molar refractivity (Wildman–Crippen MR) is 85.5 cm³/mol. The van der Waals surface area contributed by atoms with Crippen LogP contribution < -0.4 is 4.90 Å². The third kappa shape index (κ3) is 2.42. The van der Waals surface area contributed by atoms with E-state index in [4.69, 9.17) is 0 Å². The van der Waals surface area contributed by atoms with E-state index in [0.717, 1.165) is 6.67 Å². The lowest BCUT2D eigenvalue weighted by atomic mass is 10.2. The first-order chi connectivity index (χ1) is 9.66. The van der Waals surface area contributed by atoms with Gasteiger partial charge in [-0.1, -0.05) is 36.0 Å². The van der Waals surface area contributed by atoms with E-state index in [1.807, 2.05) is 11.8 Å². The number of hydrogen-bond acceptors (Lipinski definition) is 4. The van der Waals surface area contributed by atoms with Crippen LogP contribution in [0.3, 0.4) is 0 Å². The van der Waals surface area contributed by atoms with Crippen LogP contribution in [0.25, 0.3) is 0 Å². The van der Waals surface area contributed by atoms with Crippen LogP contribution in [0.4, 0.5) is 11.4 Å². The van der Waals surface area contributed by atoms with Gasteiger partial charge in [0, 0.05) is 30.9 Å². The zero-order valence-corrected chi connectivity index (χ0v) is 12.9. The van der Waals surface area contributed by atoms with E-state index in [9.17, 15) is 0 Å². The molecular formula is C16H19N3S. The van der Waals surface area contributed by atoms with Crippen molar-refractivity contribution < 1.29 is 0 Å². The summed E-state index contributed by atoms with van der Waals surface area (Å²) in [6, 6.07) is 17.2. The third-order valence-electron chi connectivity index (χ3n) is 3.56. The molecule has 2 aromatic carbocycles. The fourth-order valence-electron chi connectivity index (χ4n) is 2.26. The van der Waals surface area contributed by atoms with Crippen molar-refractivity contribution in [2.24, 2.45) is 0 Å². The maximum absolute atomic E-state index is 2.38. The largest absolute Gasteiger partial charge is 0.325 e. The van der Waals surface area contributed by atoms with Gasteiger partial charge in [0.25, 0.3) is 0 Å². The molecule has 0 fully saturated rings. The number of hydrogen-bond donors (Lipinski definition) is 0. The van der Waals surface area contributed by atoms with E-state index >= 15 is 0 Å². The molecule has 0 unspecified atom stereocenters. The van der Waals surface area contributed by atoms with Gasteiger partial charge in [-0.3, -0.25) is 0 Å². The number of anilines is 2. The molecule has 0 atom stereocenters. The first kappa shape index (κ1) is 13.5. The molecule has 1 heterocycles. The van der Waals surface area contributed by atoms with Crippen LogP contribution in [0, 0.1) is 0 Å². The van der Waals surface area contributed by atoms with Gasteiger partial charge in [-0.15, -0.1) is 0 Å². The monoisotopic (exact) mass is 285 g/mol. The normalized spacial score (nSPS) is 13.6. The highest BCUT2D eigenvalue weighted by molar-refractivity contribution is 7.99. The first-order valence-electron chi connectivity index (χ1n) is 6.68. The fourth-order valence-corrected chi connectivity index (χ4v) is 3.36. The van der Waals surface area contributed by atoms with E-state index in [1.54, 1.807) is 0 Å². The van der Waals surface area contributed by atoms with Crippen LogP contribution in [-0.2, 0) is 0 Å². The molecule has 3 rings (SSSR count). The van der Waals surface area contributed by atoms with Gasteiger partial charge in [0.1, 0.15) is 0 Å². The quantitative estimate of drug-likeness (QED) is 0.796. The molecular weight excluding hydrogens is 266 g/mol. The highest BCUT2D eigenvalue weighted by Gasteiger charge is 2.23. The fraction of sp³-hybridized carbons (Fsp3) is 0.250. The molecule has 1 aliphatic rings. The van der Waals surface area contributed by atoms with Crippen molar-refractivity contribution >= 4 is 23.1 Å². The molecule has 0 N–H and O–H groups in total. The van der Waals surface area contributed by atoms with Gasteiger partial charge in [0.15, 0.2) is 0 Å². The lowest BCUT2D eigenvalue weighted by Gasteiger charge is -2.37. The Morgan fingerprint density at radius 2 is 1.35 bits per heavy atom. The van der Waals surface area contributed by atoms with Gasteiger partial charge >= 0.3 is 0 Å². The second-order valence-electron chi connectivity index (χ2n) is 5.11. The van der Waals surface area contributed by atoms with Crippen molar-refractivity contribution in [2.75, 3.05) is 32.7 Å². The average molecular weight is 285 g/mol. The molecule has 0 radical (unpaired) electrons. The standard InChI is InChI=1S/C16H19N3S/c1-17(2)18(3)12-19-13-8-4-6-10-15(13)20-16-11-7-5-9-14(16)19/h4-11H,12H2,1-3H3. The van der Waals surface area contributed by atoms with Crippen LogP contribution in [-0.4, -0.2) is 37.8 Å². The SMILES string of the molecule is CN(C)N(C)CN1c2ccccc2Sc2ccccc21. The Labute approximate surface area is 124 Å². The molecule has 20 heavy (non-hydrogen) atoms. The summed E-state index contributed by atoms with van der Waals surface area (Å²) in [4.78, 5) is 5.01. The lowest BCUT2D eigenvalue weighted by Crippen LogP contribution is -2.41. The molecule has 0 bridgehead atoms. The van der Waals surface area contributed by atoms with Crippen LogP contribution in [0.2, 0.25) is 0 Å². The minimum Gasteiger partial charge on any atom is -0.325 e. The van der Waals surface area contributed by atoms with Crippen molar-refractivity contribution in [1.29, 1.82) is 0 Å². The minimum atomic E-state index is 0.835. The zero-order chi connectivity index (χ0) is 14.1. The van der Waals surface area contributed by atoms with Crippen molar-refractivity contribution in [3.8, 4) is 0 Å². The Balaban J connectivity index is 2.03. The Hall–Kier alpha value is -1.49. The number of fused-ring (bicyclic) bond motifs is 2. The van der Waals surface area contributed by atoms with E-state index in [2.05, 4.69) is 84.6 Å². The highest BCUT2D eigenvalue weighted by Crippen LogP contribution is 2.47. The molecule has 0 saturated carbocycles. The van der Waals surface area contributed by atoms with E-state index in [-0.39, 0.29) is 0 Å². The van der Waals surface area contributed by atoms with Gasteiger partial charge < -0.3 is 4.90 Å². The van der Waals surface area contributed by atoms with Crippen LogP contribution >= 0.6 is 11.8 Å². The molecule has 4 heteroatoms. The second kappa shape index (κ2) is 5.48.